The van der Waals surface area contributed by atoms with Crippen molar-refractivity contribution in [3.63, 3.8) is 0 Å². The minimum absolute atomic E-state index is 0.116. The molecule has 0 atom stereocenters. The molecule has 0 saturated heterocycles. The zero-order valence-electron chi connectivity index (χ0n) is 13.5. The zero-order chi connectivity index (χ0) is 18.4. The van der Waals surface area contributed by atoms with Crippen LogP contribution in [-0.4, -0.2) is 32.0 Å². The summed E-state index contributed by atoms with van der Waals surface area (Å²) in [6.45, 7) is 0. The standard InChI is InChI=1S/C17H15ClN2O5/c1-24-14-6-4-3-5-12(14)19-15(21)16(22)20-13-9-10(17(23)25-2)7-8-11(13)18/h3-9H,1-2H3,(H,19,21)(H,20,22). The minimum Gasteiger partial charge on any atom is -0.495 e. The first-order valence-electron chi connectivity index (χ1n) is 7.09. The Morgan fingerprint density at radius 3 is 2.20 bits per heavy atom. The number of carbonyl (C=O) groups is 3. The van der Waals surface area contributed by atoms with Crippen molar-refractivity contribution < 1.29 is 23.9 Å². The second-order valence-corrected chi connectivity index (χ2v) is 5.20. The van der Waals surface area contributed by atoms with Crippen LogP contribution in [0.15, 0.2) is 42.5 Å². The molecule has 2 amide bonds. The molecule has 0 bridgehead atoms. The zero-order valence-corrected chi connectivity index (χ0v) is 14.2. The maximum atomic E-state index is 12.1. The molecule has 2 aromatic carbocycles. The van der Waals surface area contributed by atoms with Crippen molar-refractivity contribution >= 4 is 40.8 Å². The van der Waals surface area contributed by atoms with Crippen molar-refractivity contribution in [2.45, 2.75) is 0 Å². The van der Waals surface area contributed by atoms with E-state index in [1.54, 1.807) is 24.3 Å². The molecule has 25 heavy (non-hydrogen) atoms. The molecule has 0 unspecified atom stereocenters. The van der Waals surface area contributed by atoms with E-state index in [1.165, 1.54) is 32.4 Å². The molecule has 2 N–H and O–H groups in total. The average Bonchev–Trinajstić information content (AvgIpc) is 2.63. The maximum Gasteiger partial charge on any atom is 0.337 e. The fourth-order valence-electron chi connectivity index (χ4n) is 1.97. The summed E-state index contributed by atoms with van der Waals surface area (Å²) < 4.78 is 9.70. The summed E-state index contributed by atoms with van der Waals surface area (Å²) in [5, 5.41) is 4.97. The van der Waals surface area contributed by atoms with Gasteiger partial charge in [-0.15, -0.1) is 0 Å². The largest absolute Gasteiger partial charge is 0.495 e. The van der Waals surface area contributed by atoms with Crippen LogP contribution in [0.3, 0.4) is 0 Å². The second kappa shape index (κ2) is 8.16. The molecule has 2 rings (SSSR count). The van der Waals surface area contributed by atoms with E-state index in [2.05, 4.69) is 15.4 Å². The Kier molecular flexibility index (Phi) is 5.97. The molecule has 130 valence electrons. The number of halogens is 1. The van der Waals surface area contributed by atoms with Gasteiger partial charge in [0.25, 0.3) is 0 Å². The quantitative estimate of drug-likeness (QED) is 0.644. The van der Waals surface area contributed by atoms with Gasteiger partial charge >= 0.3 is 17.8 Å². The predicted molar refractivity (Wildman–Crippen MR) is 93.0 cm³/mol. The van der Waals surface area contributed by atoms with Crippen molar-refractivity contribution in [2.75, 3.05) is 24.9 Å². The molecular weight excluding hydrogens is 348 g/mol. The number of carbonyl (C=O) groups excluding carboxylic acids is 3. The third-order valence-electron chi connectivity index (χ3n) is 3.20. The van der Waals surface area contributed by atoms with Crippen LogP contribution in [0, 0.1) is 0 Å². The third-order valence-corrected chi connectivity index (χ3v) is 3.53. The van der Waals surface area contributed by atoms with E-state index in [1.807, 2.05) is 0 Å². The van der Waals surface area contributed by atoms with E-state index >= 15 is 0 Å². The van der Waals surface area contributed by atoms with Gasteiger partial charge in [-0.05, 0) is 30.3 Å². The van der Waals surface area contributed by atoms with Gasteiger partial charge in [0, 0.05) is 0 Å². The SMILES string of the molecule is COC(=O)c1ccc(Cl)c(NC(=O)C(=O)Nc2ccccc2OC)c1. The summed E-state index contributed by atoms with van der Waals surface area (Å²) >= 11 is 5.98. The van der Waals surface area contributed by atoms with Crippen molar-refractivity contribution in [1.29, 1.82) is 0 Å². The van der Waals surface area contributed by atoms with Crippen LogP contribution >= 0.6 is 11.6 Å². The van der Waals surface area contributed by atoms with Gasteiger partial charge in [0.05, 0.1) is 36.2 Å². The fourth-order valence-corrected chi connectivity index (χ4v) is 2.14. The lowest BCUT2D eigenvalue weighted by Gasteiger charge is -2.11. The van der Waals surface area contributed by atoms with Gasteiger partial charge in [0.15, 0.2) is 0 Å². The van der Waals surface area contributed by atoms with Gasteiger partial charge in [0.2, 0.25) is 0 Å². The van der Waals surface area contributed by atoms with Gasteiger partial charge in [-0.2, -0.15) is 0 Å². The Morgan fingerprint density at radius 2 is 1.56 bits per heavy atom. The summed E-state index contributed by atoms with van der Waals surface area (Å²) in [5.74, 6) is -2.04. The topological polar surface area (TPSA) is 93.7 Å². The molecule has 0 aliphatic rings. The molecule has 0 saturated carbocycles. The molecular formula is C17H15ClN2O5. The molecule has 0 spiro atoms. The van der Waals surface area contributed by atoms with Gasteiger partial charge in [-0.3, -0.25) is 9.59 Å². The molecule has 7 nitrogen and oxygen atoms in total. The molecule has 0 fully saturated rings. The molecule has 8 heteroatoms. The Balaban J connectivity index is 2.13. The fraction of sp³-hybridized carbons (Fsp3) is 0.118. The highest BCUT2D eigenvalue weighted by Crippen LogP contribution is 2.25. The van der Waals surface area contributed by atoms with Crippen LogP contribution in [0.1, 0.15) is 10.4 Å². The highest BCUT2D eigenvalue weighted by Gasteiger charge is 2.18. The second-order valence-electron chi connectivity index (χ2n) is 4.79. The van der Waals surface area contributed by atoms with Crippen LogP contribution in [0.4, 0.5) is 11.4 Å². The lowest BCUT2D eigenvalue weighted by atomic mass is 10.2. The highest BCUT2D eigenvalue weighted by molar-refractivity contribution is 6.45. The Labute approximate surface area is 148 Å². The van der Waals surface area contributed by atoms with E-state index in [9.17, 15) is 14.4 Å². The van der Waals surface area contributed by atoms with Crippen LogP contribution in [0.5, 0.6) is 5.75 Å². The maximum absolute atomic E-state index is 12.1. The van der Waals surface area contributed by atoms with Crippen LogP contribution in [-0.2, 0) is 14.3 Å². The number of benzene rings is 2. The van der Waals surface area contributed by atoms with Crippen molar-refractivity contribution in [2.24, 2.45) is 0 Å². The number of nitrogens with one attached hydrogen (secondary N) is 2. The Bertz CT molecular complexity index is 822. The Hall–Kier alpha value is -3.06. The first-order valence-corrected chi connectivity index (χ1v) is 7.47. The van der Waals surface area contributed by atoms with Crippen molar-refractivity contribution in [3.8, 4) is 5.75 Å². The van der Waals surface area contributed by atoms with Crippen LogP contribution < -0.4 is 15.4 Å². The number of hydrogen-bond donors (Lipinski definition) is 2. The van der Waals surface area contributed by atoms with E-state index < -0.39 is 17.8 Å². The minimum atomic E-state index is -0.949. The first-order chi connectivity index (χ1) is 12.0. The van der Waals surface area contributed by atoms with Crippen molar-refractivity contribution in [1.82, 2.24) is 0 Å². The van der Waals surface area contributed by atoms with E-state index in [4.69, 9.17) is 16.3 Å². The summed E-state index contributed by atoms with van der Waals surface area (Å²) in [7, 11) is 2.68. The first kappa shape index (κ1) is 18.3. The van der Waals surface area contributed by atoms with Gasteiger partial charge in [0.1, 0.15) is 5.75 Å². The number of hydrogen-bond acceptors (Lipinski definition) is 5. The molecule has 0 radical (unpaired) electrons. The smallest absolute Gasteiger partial charge is 0.337 e. The average molecular weight is 363 g/mol. The molecule has 0 aliphatic heterocycles. The summed E-state index contributed by atoms with van der Waals surface area (Å²) in [6.07, 6.45) is 0. The van der Waals surface area contributed by atoms with Crippen LogP contribution in [0.2, 0.25) is 5.02 Å². The molecule has 2 aromatic rings. The Morgan fingerprint density at radius 1 is 0.920 bits per heavy atom. The third kappa shape index (κ3) is 4.48. The number of methoxy groups -OCH3 is 2. The monoisotopic (exact) mass is 362 g/mol. The predicted octanol–water partition coefficient (Wildman–Crippen LogP) is 2.71. The van der Waals surface area contributed by atoms with Gasteiger partial charge in [-0.25, -0.2) is 4.79 Å². The normalized spacial score (nSPS) is 9.88. The van der Waals surface area contributed by atoms with Crippen molar-refractivity contribution in [3.05, 3.63) is 53.1 Å². The van der Waals surface area contributed by atoms with Gasteiger partial charge in [-0.1, -0.05) is 23.7 Å². The van der Waals surface area contributed by atoms with E-state index in [0.29, 0.717) is 11.4 Å². The summed E-state index contributed by atoms with van der Waals surface area (Å²) in [5.41, 5.74) is 0.650. The lowest BCUT2D eigenvalue weighted by Crippen LogP contribution is -2.29. The highest BCUT2D eigenvalue weighted by atomic mass is 35.5. The molecule has 0 heterocycles. The molecule has 0 aromatic heterocycles. The van der Waals surface area contributed by atoms with Gasteiger partial charge < -0.3 is 20.1 Å². The summed E-state index contributed by atoms with van der Waals surface area (Å²) in [4.78, 5) is 35.7. The number of ether oxygens (including phenoxy) is 2. The number of amides is 2. The van der Waals surface area contributed by atoms with E-state index in [-0.39, 0.29) is 16.3 Å². The number of rotatable bonds is 4. The van der Waals surface area contributed by atoms with Crippen LogP contribution in [0.25, 0.3) is 0 Å². The van der Waals surface area contributed by atoms with E-state index in [0.717, 1.165) is 0 Å². The molecule has 0 aliphatic carbocycles. The summed E-state index contributed by atoms with van der Waals surface area (Å²) in [6, 6.07) is 10.8. The lowest BCUT2D eigenvalue weighted by molar-refractivity contribution is -0.133. The number of para-hydroxylation sites is 2. The number of anilines is 2. The number of esters is 1.